The number of ketones is 3. The summed E-state index contributed by atoms with van der Waals surface area (Å²) >= 11 is 0. The van der Waals surface area contributed by atoms with Crippen LogP contribution in [-0.4, -0.2) is 302 Å². The number of aliphatic hydroxyl groups is 9. The Bertz CT molecular complexity index is 2180. The number of hydrogen-bond donors (Lipinski definition) is 14. The summed E-state index contributed by atoms with van der Waals surface area (Å²) in [6, 6.07) is -5.81. The molecule has 3 aliphatic rings. The van der Waals surface area contributed by atoms with Gasteiger partial charge in [-0.1, -0.05) is 0 Å². The molecule has 33 heteroatoms. The first-order chi connectivity index (χ1) is 43.2. The van der Waals surface area contributed by atoms with Crippen LogP contribution in [0.3, 0.4) is 0 Å². The zero-order valence-corrected chi connectivity index (χ0v) is 53.0. The maximum absolute atomic E-state index is 13.8. The average Bonchev–Trinajstić information content (AvgIpc) is 1.78. The first-order valence-corrected chi connectivity index (χ1v) is 30.9. The Hall–Kier alpha value is -4.44. The van der Waals surface area contributed by atoms with Crippen LogP contribution in [0, 0.1) is 0 Å². The van der Waals surface area contributed by atoms with Crippen molar-refractivity contribution in [1.29, 1.82) is 0 Å². The normalized spacial score (nSPS) is 27.5. The van der Waals surface area contributed by atoms with Crippen LogP contribution in [-0.2, 0) is 90.5 Å². The van der Waals surface area contributed by atoms with Crippen LogP contribution in [0.4, 0.5) is 0 Å². The second-order valence-electron chi connectivity index (χ2n) is 23.2. The number of Topliss-reactive ketones (excluding diaryl/α,β-unsaturated/α-hetero) is 3. The Labute approximate surface area is 529 Å². The lowest BCUT2D eigenvalue weighted by molar-refractivity contribution is -0.272. The zero-order chi connectivity index (χ0) is 67.6. The van der Waals surface area contributed by atoms with Gasteiger partial charge in [-0.25, -0.2) is 0 Å². The summed E-state index contributed by atoms with van der Waals surface area (Å²) in [5.41, 5.74) is -0.402. The van der Waals surface area contributed by atoms with Gasteiger partial charge in [0.05, 0.1) is 97.0 Å². The van der Waals surface area contributed by atoms with Crippen molar-refractivity contribution in [3.05, 3.63) is 0 Å². The minimum Gasteiger partial charge on any atom is -0.394 e. The Balaban J connectivity index is 1.62. The van der Waals surface area contributed by atoms with Gasteiger partial charge < -0.3 is 125 Å². The molecule has 14 N–H and O–H groups in total. The smallest absolute Gasteiger partial charge is 0.222 e. The lowest BCUT2D eigenvalue weighted by Gasteiger charge is -2.42. The minimum atomic E-state index is -1.52. The fraction of sp³-hybridized carbons (Fsp3) is 0.862. The topological polar surface area (TPSA) is 480 Å². The van der Waals surface area contributed by atoms with Crippen molar-refractivity contribution in [3.8, 4) is 0 Å². The molecule has 0 radical (unpaired) electrons. The van der Waals surface area contributed by atoms with Gasteiger partial charge in [0.2, 0.25) is 29.5 Å². The van der Waals surface area contributed by atoms with E-state index in [1.54, 1.807) is 0 Å². The molecule has 0 aromatic heterocycles. The average molecular weight is 1320 g/mol. The van der Waals surface area contributed by atoms with Crippen molar-refractivity contribution >= 4 is 46.9 Å². The van der Waals surface area contributed by atoms with E-state index in [1.807, 2.05) is 20.8 Å². The van der Waals surface area contributed by atoms with Crippen LogP contribution in [0.25, 0.3) is 0 Å². The number of hydrogen-bond acceptors (Lipinski definition) is 28. The quantitative estimate of drug-likeness (QED) is 0.0253. The van der Waals surface area contributed by atoms with Gasteiger partial charge in [0.15, 0.2) is 30.4 Å². The molecule has 3 saturated heterocycles. The van der Waals surface area contributed by atoms with Gasteiger partial charge in [-0.2, -0.15) is 0 Å². The largest absolute Gasteiger partial charge is 0.394 e. The van der Waals surface area contributed by atoms with E-state index in [0.717, 1.165) is 0 Å². The number of carbonyl (C=O) groups is 8. The monoisotopic (exact) mass is 1320 g/mol. The van der Waals surface area contributed by atoms with E-state index in [2.05, 4.69) is 26.6 Å². The van der Waals surface area contributed by atoms with Gasteiger partial charge in [0.25, 0.3) is 0 Å². The van der Waals surface area contributed by atoms with E-state index in [4.69, 9.17) is 52.1 Å². The Kier molecular flexibility index (Phi) is 38.6. The SMILES string of the molecule is CC(=O)NC1C(OCCOCCCC(=O)CCC(NC(=O)CCC(NC(=O)CCOCCOC(C)(C)C)C(=O)CCCOCCOC2OC(CO)C(O)C(O)C2NC(C)=O)C(=O)CCCOCCOC2OC(CO)C(O)C(O)C2NC(C)=O)OC(CO)C(O)C1O. The van der Waals surface area contributed by atoms with Crippen LogP contribution in [0.15, 0.2) is 0 Å². The predicted molar refractivity (Wildman–Crippen MR) is 313 cm³/mol. The van der Waals surface area contributed by atoms with Crippen LogP contribution in [0.5, 0.6) is 0 Å². The van der Waals surface area contributed by atoms with Crippen LogP contribution >= 0.6 is 0 Å². The summed E-state index contributed by atoms with van der Waals surface area (Å²) in [6.45, 7) is 7.55. The highest BCUT2D eigenvalue weighted by Gasteiger charge is 2.48. The molecule has 33 nitrogen and oxygen atoms in total. The standard InChI is InChI=1S/C58H101N5O28/c1-33(67)59-46-52(78)49(75)41(30-64)89-55(46)85-26-22-81-18-7-10-36(70)13-14-37(39(71)11-8-19-82-23-27-86-56-47(60-34(2)68)53(79)50(76)42(31-65)90-56)62-44(73)16-15-38(63-45(74)17-21-84-25-29-88-58(4,5)6)40(72)12-9-20-83-24-28-87-57-48(61-35(3)69)54(80)51(77)43(32-66)91-57/h37-38,41-43,46-57,64-66,75-80H,7-32H2,1-6H3,(H,59,67)(H,60,68)(H,61,69)(H,62,73)(H,63,74). The molecule has 0 bridgehead atoms. The molecule has 3 heterocycles. The number of carbonyl (C=O) groups excluding carboxylic acids is 8. The predicted octanol–water partition coefficient (Wildman–Crippen LogP) is -5.28. The van der Waals surface area contributed by atoms with Gasteiger partial charge in [-0.3, -0.25) is 38.4 Å². The third-order valence-corrected chi connectivity index (χ3v) is 14.5. The molecule has 5 amide bonds. The number of ether oxygens (including phenoxy) is 11. The summed E-state index contributed by atoms with van der Waals surface area (Å²) in [4.78, 5) is 103. The van der Waals surface area contributed by atoms with Crippen molar-refractivity contribution in [3.63, 3.8) is 0 Å². The highest BCUT2D eigenvalue weighted by molar-refractivity contribution is 5.91. The molecule has 3 rings (SSSR count). The third-order valence-electron chi connectivity index (χ3n) is 14.5. The summed E-state index contributed by atoms with van der Waals surface area (Å²) in [5.74, 6) is -3.94. The van der Waals surface area contributed by atoms with E-state index in [0.29, 0.717) is 0 Å². The third kappa shape index (κ3) is 30.7. The molecule has 17 atom stereocenters. The molecule has 0 aromatic carbocycles. The van der Waals surface area contributed by atoms with Gasteiger partial charge in [0, 0.05) is 79.1 Å². The molecule has 526 valence electrons. The molecule has 0 aliphatic carbocycles. The van der Waals surface area contributed by atoms with Crippen LogP contribution in [0.2, 0.25) is 0 Å². The van der Waals surface area contributed by atoms with Crippen molar-refractivity contribution in [2.45, 2.75) is 222 Å². The Morgan fingerprint density at radius 3 is 1.09 bits per heavy atom. The number of amides is 5. The van der Waals surface area contributed by atoms with E-state index in [1.165, 1.54) is 20.8 Å². The van der Waals surface area contributed by atoms with Gasteiger partial charge >= 0.3 is 0 Å². The lowest BCUT2D eigenvalue weighted by Crippen LogP contribution is -2.64. The minimum absolute atomic E-state index is 0.00120. The molecular formula is C58H101N5O28. The zero-order valence-electron chi connectivity index (χ0n) is 53.0. The molecule has 91 heavy (non-hydrogen) atoms. The van der Waals surface area contributed by atoms with E-state index < -0.39 is 171 Å². The fourth-order valence-corrected chi connectivity index (χ4v) is 9.77. The van der Waals surface area contributed by atoms with Crippen LogP contribution < -0.4 is 26.6 Å². The maximum atomic E-state index is 13.8. The van der Waals surface area contributed by atoms with E-state index >= 15 is 0 Å². The maximum Gasteiger partial charge on any atom is 0.222 e. The number of nitrogens with one attached hydrogen (secondary N) is 5. The summed E-state index contributed by atoms with van der Waals surface area (Å²) in [5, 5.41) is 104. The summed E-state index contributed by atoms with van der Waals surface area (Å²) < 4.78 is 61.7. The van der Waals surface area contributed by atoms with Crippen molar-refractivity contribution < 1.29 is 136 Å². The first-order valence-electron chi connectivity index (χ1n) is 30.9. The van der Waals surface area contributed by atoms with E-state index in [-0.39, 0.29) is 156 Å². The lowest BCUT2D eigenvalue weighted by atomic mass is 9.97. The molecule has 3 aliphatic heterocycles. The van der Waals surface area contributed by atoms with Crippen molar-refractivity contribution in [1.82, 2.24) is 26.6 Å². The van der Waals surface area contributed by atoms with Gasteiger partial charge in [-0.15, -0.1) is 0 Å². The summed E-state index contributed by atoms with van der Waals surface area (Å²) in [6.07, 6.45) is -16.9. The van der Waals surface area contributed by atoms with Crippen molar-refractivity contribution in [2.75, 3.05) is 99.1 Å². The number of rotatable bonds is 46. The second kappa shape index (κ2) is 43.5. The van der Waals surface area contributed by atoms with Gasteiger partial charge in [-0.05, 0) is 52.9 Å². The fourth-order valence-electron chi connectivity index (χ4n) is 9.77. The van der Waals surface area contributed by atoms with Crippen LogP contribution in [0.1, 0.15) is 112 Å². The molecule has 3 fully saturated rings. The Morgan fingerprint density at radius 1 is 0.407 bits per heavy atom. The Morgan fingerprint density at radius 2 is 0.736 bits per heavy atom. The highest BCUT2D eigenvalue weighted by Crippen LogP contribution is 2.25. The second-order valence-corrected chi connectivity index (χ2v) is 23.2. The van der Waals surface area contributed by atoms with E-state index in [9.17, 15) is 84.3 Å². The molecule has 17 unspecified atom stereocenters. The molecular weight excluding hydrogens is 1210 g/mol. The first kappa shape index (κ1) is 80.8. The number of aliphatic hydroxyl groups excluding tert-OH is 9. The molecule has 0 saturated carbocycles. The van der Waals surface area contributed by atoms with Gasteiger partial charge in [0.1, 0.15) is 78.8 Å². The highest BCUT2D eigenvalue weighted by atomic mass is 16.7. The molecule has 0 spiro atoms. The molecule has 0 aromatic rings. The van der Waals surface area contributed by atoms with Crippen molar-refractivity contribution in [2.24, 2.45) is 0 Å². The summed E-state index contributed by atoms with van der Waals surface area (Å²) in [7, 11) is 0.